The van der Waals surface area contributed by atoms with E-state index in [1.165, 1.54) is 12.1 Å². The Bertz CT molecular complexity index is 1400. The van der Waals surface area contributed by atoms with Crippen LogP contribution in [0.2, 0.25) is 0 Å². The van der Waals surface area contributed by atoms with Gasteiger partial charge in [-0.05, 0) is 60.4 Å². The minimum atomic E-state index is -4.28. The summed E-state index contributed by atoms with van der Waals surface area (Å²) in [5.74, 6) is -2.66. The zero-order valence-corrected chi connectivity index (χ0v) is 24.4. The van der Waals surface area contributed by atoms with E-state index in [1.54, 1.807) is 23.1 Å². The van der Waals surface area contributed by atoms with Gasteiger partial charge in [0.2, 0.25) is 15.9 Å². The van der Waals surface area contributed by atoms with Crippen molar-refractivity contribution >= 4 is 44.6 Å². The summed E-state index contributed by atoms with van der Waals surface area (Å²) in [7, 11) is -4.28. The molecule has 4 rings (SSSR count). The van der Waals surface area contributed by atoms with Crippen molar-refractivity contribution in [2.24, 2.45) is 23.3 Å². The molecule has 42 heavy (non-hydrogen) atoms. The largest absolute Gasteiger partial charge is 0.391 e. The maximum atomic E-state index is 13.3. The highest BCUT2D eigenvalue weighted by Gasteiger charge is 2.34. The normalized spacial score (nSPS) is 18.3. The Kier molecular flexibility index (Phi) is 10.5. The molecule has 0 radical (unpaired) electrons. The number of benzene rings is 2. The molecule has 0 spiro atoms. The summed E-state index contributed by atoms with van der Waals surface area (Å²) >= 11 is 0. The molecule has 13 heteroatoms. The Hall–Kier alpha value is -3.55. The molecule has 2 aromatic carbocycles. The lowest BCUT2D eigenvalue weighted by Gasteiger charge is -2.32. The summed E-state index contributed by atoms with van der Waals surface area (Å²) < 4.78 is 34.0. The van der Waals surface area contributed by atoms with Crippen LogP contribution < -0.4 is 21.5 Å². The number of hydrogen-bond donors (Lipinski definition) is 5. The van der Waals surface area contributed by atoms with Crippen LogP contribution in [-0.4, -0.2) is 68.8 Å². The third-order valence-corrected chi connectivity index (χ3v) is 9.65. The molecule has 7 N–H and O–H groups in total. The van der Waals surface area contributed by atoms with Gasteiger partial charge in [0, 0.05) is 19.6 Å². The van der Waals surface area contributed by atoms with E-state index < -0.39 is 46.4 Å². The van der Waals surface area contributed by atoms with Crippen molar-refractivity contribution in [1.82, 2.24) is 14.9 Å². The molecule has 1 aliphatic heterocycles. The van der Waals surface area contributed by atoms with Crippen molar-refractivity contribution in [2.45, 2.75) is 68.3 Å². The quantitative estimate of drug-likeness (QED) is 0.116. The van der Waals surface area contributed by atoms with Gasteiger partial charge in [0.1, 0.15) is 12.1 Å². The number of nitrogens with one attached hydrogen (secondary N) is 3. The minimum Gasteiger partial charge on any atom is -0.391 e. The number of rotatable bonds is 10. The lowest BCUT2D eigenvalue weighted by molar-refractivity contribution is -0.163. The van der Waals surface area contributed by atoms with Gasteiger partial charge in [-0.15, -0.1) is 0 Å². The standard InChI is InChI=1S/C29H40N6O6S/c30-26(21-7-2-1-3-8-21)28(38)41-27(37)24(17-25(36)33-18-19-12-14-35(15-13-19)29(31)32)34-42(39,40)23-11-10-20-6-4-5-9-22(20)16-23/h4-6,9-11,16,19,21,24,26,34H,1-3,7-8,12-15,17-18,30H2,(H3,31,32)(H,33,36). The lowest BCUT2D eigenvalue weighted by atomic mass is 9.84. The van der Waals surface area contributed by atoms with Gasteiger partial charge in [-0.25, -0.2) is 18.0 Å². The van der Waals surface area contributed by atoms with Gasteiger partial charge in [0.15, 0.2) is 5.96 Å². The Balaban J connectivity index is 1.44. The van der Waals surface area contributed by atoms with E-state index in [0.29, 0.717) is 37.9 Å². The average molecular weight is 601 g/mol. The SMILES string of the molecule is N=C(N)N1CCC(CNC(=O)CC(NS(=O)(=O)c2ccc3ccccc3c2)C(=O)OC(=O)C(N)C2CCCCC2)CC1. The Morgan fingerprint density at radius 1 is 0.976 bits per heavy atom. The topological polar surface area (TPSA) is 198 Å². The third-order valence-electron chi connectivity index (χ3n) is 8.18. The Morgan fingerprint density at radius 2 is 1.64 bits per heavy atom. The molecule has 0 aromatic heterocycles. The van der Waals surface area contributed by atoms with Crippen LogP contribution in [0.25, 0.3) is 10.8 Å². The van der Waals surface area contributed by atoms with Crippen molar-refractivity contribution in [3.63, 3.8) is 0 Å². The van der Waals surface area contributed by atoms with Crippen LogP contribution in [0.3, 0.4) is 0 Å². The van der Waals surface area contributed by atoms with Crippen molar-refractivity contribution in [2.75, 3.05) is 19.6 Å². The van der Waals surface area contributed by atoms with E-state index in [1.807, 2.05) is 12.1 Å². The smallest absolute Gasteiger partial charge is 0.332 e. The summed E-state index contributed by atoms with van der Waals surface area (Å²) in [5, 5.41) is 11.8. The number of esters is 2. The summed E-state index contributed by atoms with van der Waals surface area (Å²) in [6.07, 6.45) is 5.28. The summed E-state index contributed by atoms with van der Waals surface area (Å²) in [4.78, 5) is 40.5. The van der Waals surface area contributed by atoms with E-state index in [2.05, 4.69) is 10.0 Å². The highest BCUT2D eigenvalue weighted by atomic mass is 32.2. The molecule has 1 amide bonds. The highest BCUT2D eigenvalue weighted by molar-refractivity contribution is 7.89. The van der Waals surface area contributed by atoms with Gasteiger partial charge in [-0.3, -0.25) is 10.2 Å². The van der Waals surface area contributed by atoms with Crippen LogP contribution in [0.4, 0.5) is 0 Å². The van der Waals surface area contributed by atoms with Gasteiger partial charge in [0.25, 0.3) is 0 Å². The van der Waals surface area contributed by atoms with E-state index in [4.69, 9.17) is 21.6 Å². The fraction of sp³-hybridized carbons (Fsp3) is 0.517. The van der Waals surface area contributed by atoms with Crippen molar-refractivity contribution in [3.8, 4) is 0 Å². The van der Waals surface area contributed by atoms with Gasteiger partial charge in [0.05, 0.1) is 11.3 Å². The number of nitrogens with two attached hydrogens (primary N) is 2. The molecule has 1 aliphatic carbocycles. The highest BCUT2D eigenvalue weighted by Crippen LogP contribution is 2.26. The fourth-order valence-corrected chi connectivity index (χ4v) is 6.80. The molecule has 2 fully saturated rings. The first-order chi connectivity index (χ1) is 20.0. The molecule has 2 unspecified atom stereocenters. The van der Waals surface area contributed by atoms with Crippen LogP contribution in [-0.2, 0) is 29.1 Å². The monoisotopic (exact) mass is 600 g/mol. The van der Waals surface area contributed by atoms with E-state index in [0.717, 1.165) is 37.5 Å². The second kappa shape index (κ2) is 14.1. The van der Waals surface area contributed by atoms with Gasteiger partial charge in [-0.1, -0.05) is 49.6 Å². The summed E-state index contributed by atoms with van der Waals surface area (Å²) in [5.41, 5.74) is 11.6. The first-order valence-corrected chi connectivity index (χ1v) is 15.9. The molecule has 12 nitrogen and oxygen atoms in total. The molecule has 1 heterocycles. The number of carbonyl (C=O) groups excluding carboxylic acids is 3. The number of nitrogens with zero attached hydrogens (tertiary/aromatic N) is 1. The van der Waals surface area contributed by atoms with E-state index >= 15 is 0 Å². The number of piperidine rings is 1. The maximum absolute atomic E-state index is 13.3. The van der Waals surface area contributed by atoms with E-state index in [-0.39, 0.29) is 22.7 Å². The first kappa shape index (κ1) is 31.4. The van der Waals surface area contributed by atoms with Crippen molar-refractivity contribution in [3.05, 3.63) is 42.5 Å². The summed E-state index contributed by atoms with van der Waals surface area (Å²) in [6.45, 7) is 1.51. The van der Waals surface area contributed by atoms with Crippen LogP contribution >= 0.6 is 0 Å². The molecular weight excluding hydrogens is 560 g/mol. The molecule has 2 atom stereocenters. The number of ether oxygens (including phenoxy) is 1. The van der Waals surface area contributed by atoms with Crippen molar-refractivity contribution in [1.29, 1.82) is 5.41 Å². The van der Waals surface area contributed by atoms with Gasteiger partial charge >= 0.3 is 11.9 Å². The molecule has 228 valence electrons. The van der Waals surface area contributed by atoms with Crippen LogP contribution in [0, 0.1) is 17.2 Å². The number of fused-ring (bicyclic) bond motifs is 1. The van der Waals surface area contributed by atoms with E-state index in [9.17, 15) is 22.8 Å². The first-order valence-electron chi connectivity index (χ1n) is 14.4. The zero-order chi connectivity index (χ0) is 30.3. The second-order valence-corrected chi connectivity index (χ2v) is 12.9. The van der Waals surface area contributed by atoms with Gasteiger partial charge < -0.3 is 26.4 Å². The molecule has 0 bridgehead atoms. The second-order valence-electron chi connectivity index (χ2n) is 11.2. The Morgan fingerprint density at radius 3 is 2.31 bits per heavy atom. The van der Waals surface area contributed by atoms with Crippen LogP contribution in [0.5, 0.6) is 0 Å². The number of hydrogen-bond acceptors (Lipinski definition) is 8. The number of sulfonamides is 1. The van der Waals surface area contributed by atoms with Crippen molar-refractivity contribution < 1.29 is 27.5 Å². The molecular formula is C29H40N6O6S. The number of carbonyl (C=O) groups is 3. The summed E-state index contributed by atoms with van der Waals surface area (Å²) in [6, 6.07) is 9.08. The Labute approximate surface area is 246 Å². The maximum Gasteiger partial charge on any atom is 0.332 e. The number of likely N-dealkylation sites (tertiary alicyclic amines) is 1. The van der Waals surface area contributed by atoms with Crippen LogP contribution in [0.1, 0.15) is 51.4 Å². The minimum absolute atomic E-state index is 0.00953. The average Bonchev–Trinajstić information content (AvgIpc) is 2.99. The lowest BCUT2D eigenvalue weighted by Crippen LogP contribution is -2.48. The number of amides is 1. The number of guanidine groups is 1. The molecule has 2 aromatic rings. The molecule has 1 saturated heterocycles. The van der Waals surface area contributed by atoms with Crippen LogP contribution in [0.15, 0.2) is 47.4 Å². The molecule has 2 aliphatic rings. The zero-order valence-electron chi connectivity index (χ0n) is 23.6. The predicted molar refractivity (Wildman–Crippen MR) is 158 cm³/mol. The third kappa shape index (κ3) is 8.26. The predicted octanol–water partition coefficient (Wildman–Crippen LogP) is 1.58. The van der Waals surface area contributed by atoms with Gasteiger partial charge in [-0.2, -0.15) is 4.72 Å². The fourth-order valence-electron chi connectivity index (χ4n) is 5.58. The molecule has 1 saturated carbocycles.